The van der Waals surface area contributed by atoms with E-state index in [1.807, 2.05) is 19.1 Å². The van der Waals surface area contributed by atoms with Crippen molar-refractivity contribution in [1.29, 1.82) is 0 Å². The number of benzene rings is 1. The first kappa shape index (κ1) is 20.6. The third-order valence-corrected chi connectivity index (χ3v) is 4.27. The SMILES string of the molecule is CC/C=C/CC[C@H]1CC(=O)OC1(N=Nc1ccc(OC)cc1)C(=O)OCC. The fourth-order valence-electron chi connectivity index (χ4n) is 2.88. The average molecular weight is 374 g/mol. The summed E-state index contributed by atoms with van der Waals surface area (Å²) in [7, 11) is 1.57. The maximum absolute atomic E-state index is 12.6. The van der Waals surface area contributed by atoms with Gasteiger partial charge in [-0.05, 0) is 50.5 Å². The lowest BCUT2D eigenvalue weighted by Crippen LogP contribution is -2.43. The molecule has 0 aromatic heterocycles. The van der Waals surface area contributed by atoms with Crippen molar-refractivity contribution in [3.8, 4) is 5.75 Å². The molecule has 2 rings (SSSR count). The second-order valence-corrected chi connectivity index (χ2v) is 6.15. The summed E-state index contributed by atoms with van der Waals surface area (Å²) in [6.45, 7) is 3.91. The van der Waals surface area contributed by atoms with Gasteiger partial charge in [0.25, 0.3) is 0 Å². The lowest BCUT2D eigenvalue weighted by Gasteiger charge is -2.25. The molecule has 0 bridgehead atoms. The minimum Gasteiger partial charge on any atom is -0.497 e. The molecule has 1 aliphatic rings. The Hall–Kier alpha value is -2.70. The molecule has 2 atom stereocenters. The Morgan fingerprint density at radius 2 is 2.04 bits per heavy atom. The van der Waals surface area contributed by atoms with E-state index in [1.54, 1.807) is 38.3 Å². The summed E-state index contributed by atoms with van der Waals surface area (Å²) in [6, 6.07) is 6.88. The van der Waals surface area contributed by atoms with Gasteiger partial charge in [-0.3, -0.25) is 4.79 Å². The summed E-state index contributed by atoms with van der Waals surface area (Å²) >= 11 is 0. The fraction of sp³-hybridized carbons (Fsp3) is 0.500. The predicted molar refractivity (Wildman–Crippen MR) is 99.7 cm³/mol. The van der Waals surface area contributed by atoms with Crippen LogP contribution >= 0.6 is 0 Å². The number of carbonyl (C=O) groups excluding carboxylic acids is 2. The van der Waals surface area contributed by atoms with Crippen molar-refractivity contribution in [2.45, 2.75) is 45.3 Å². The van der Waals surface area contributed by atoms with Crippen molar-refractivity contribution in [2.24, 2.45) is 16.1 Å². The number of methoxy groups -OCH3 is 1. The Morgan fingerprint density at radius 3 is 2.67 bits per heavy atom. The standard InChI is InChI=1S/C20H26N2O5/c1-4-6-7-8-9-15-14-18(23)27-20(15,19(24)26-5-2)22-21-16-10-12-17(25-3)13-11-16/h6-7,10-13,15H,4-5,8-9,14H2,1-3H3/b7-6+,22-21?/t15-,20?/m0/s1. The number of hydrogen-bond acceptors (Lipinski definition) is 7. The van der Waals surface area contributed by atoms with Crippen molar-refractivity contribution in [3.05, 3.63) is 36.4 Å². The van der Waals surface area contributed by atoms with Gasteiger partial charge < -0.3 is 14.2 Å². The van der Waals surface area contributed by atoms with Gasteiger partial charge in [-0.25, -0.2) is 4.79 Å². The molecule has 146 valence electrons. The zero-order valence-electron chi connectivity index (χ0n) is 16.0. The van der Waals surface area contributed by atoms with Gasteiger partial charge in [0.2, 0.25) is 0 Å². The molecule has 0 saturated carbocycles. The lowest BCUT2D eigenvalue weighted by atomic mass is 9.90. The molecule has 1 aromatic carbocycles. The van der Waals surface area contributed by atoms with Crippen molar-refractivity contribution < 1.29 is 23.8 Å². The monoisotopic (exact) mass is 374 g/mol. The van der Waals surface area contributed by atoms with Crippen LogP contribution in [0, 0.1) is 5.92 Å². The van der Waals surface area contributed by atoms with Crippen molar-refractivity contribution >= 4 is 17.6 Å². The Balaban J connectivity index is 2.28. The quantitative estimate of drug-likeness (QED) is 0.364. The summed E-state index contributed by atoms with van der Waals surface area (Å²) in [4.78, 5) is 24.6. The number of azo groups is 1. The van der Waals surface area contributed by atoms with E-state index in [1.165, 1.54) is 0 Å². The van der Waals surface area contributed by atoms with Crippen LogP contribution in [0.5, 0.6) is 5.75 Å². The summed E-state index contributed by atoms with van der Waals surface area (Å²) in [5.74, 6) is -0.895. The van der Waals surface area contributed by atoms with Crippen LogP contribution in [-0.4, -0.2) is 31.4 Å². The number of nitrogens with zero attached hydrogens (tertiary/aromatic N) is 2. The molecule has 0 spiro atoms. The molecule has 1 unspecified atom stereocenters. The van der Waals surface area contributed by atoms with E-state index in [-0.39, 0.29) is 13.0 Å². The molecule has 0 radical (unpaired) electrons. The zero-order valence-corrected chi connectivity index (χ0v) is 16.0. The molecule has 1 heterocycles. The van der Waals surface area contributed by atoms with E-state index in [4.69, 9.17) is 14.2 Å². The predicted octanol–water partition coefficient (Wildman–Crippen LogP) is 4.35. The fourth-order valence-corrected chi connectivity index (χ4v) is 2.88. The second-order valence-electron chi connectivity index (χ2n) is 6.15. The van der Waals surface area contributed by atoms with Crippen molar-refractivity contribution in [1.82, 2.24) is 0 Å². The summed E-state index contributed by atoms with van der Waals surface area (Å²) in [6.07, 6.45) is 6.40. The smallest absolute Gasteiger partial charge is 0.376 e. The highest BCUT2D eigenvalue weighted by Crippen LogP contribution is 2.40. The topological polar surface area (TPSA) is 86.5 Å². The third-order valence-electron chi connectivity index (χ3n) is 4.27. The number of carbonyl (C=O) groups is 2. The van der Waals surface area contributed by atoms with Gasteiger partial charge in [-0.15, -0.1) is 5.11 Å². The van der Waals surface area contributed by atoms with Gasteiger partial charge in [-0.1, -0.05) is 19.1 Å². The van der Waals surface area contributed by atoms with Crippen LogP contribution in [0.15, 0.2) is 46.6 Å². The maximum atomic E-state index is 12.6. The summed E-state index contributed by atoms with van der Waals surface area (Å²) < 4.78 is 15.6. The second kappa shape index (κ2) is 9.85. The minimum absolute atomic E-state index is 0.112. The Bertz CT molecular complexity index is 699. The lowest BCUT2D eigenvalue weighted by molar-refractivity contribution is -0.177. The van der Waals surface area contributed by atoms with Gasteiger partial charge in [0.05, 0.1) is 25.8 Å². The molecule has 27 heavy (non-hydrogen) atoms. The molecule has 1 aromatic rings. The number of ether oxygens (including phenoxy) is 3. The number of cyclic esters (lactones) is 1. The Kier molecular flexibility index (Phi) is 7.52. The van der Waals surface area contributed by atoms with Crippen LogP contribution in [0.25, 0.3) is 0 Å². The number of rotatable bonds is 9. The van der Waals surface area contributed by atoms with Gasteiger partial charge >= 0.3 is 17.7 Å². The molecule has 0 N–H and O–H groups in total. The largest absolute Gasteiger partial charge is 0.497 e. The summed E-state index contributed by atoms with van der Waals surface area (Å²) in [5.41, 5.74) is -1.21. The molecule has 1 fully saturated rings. The van der Waals surface area contributed by atoms with E-state index in [0.29, 0.717) is 24.3 Å². The van der Waals surface area contributed by atoms with Gasteiger partial charge in [0.1, 0.15) is 5.75 Å². The first-order valence-electron chi connectivity index (χ1n) is 9.16. The van der Waals surface area contributed by atoms with Crippen molar-refractivity contribution in [2.75, 3.05) is 13.7 Å². The first-order chi connectivity index (χ1) is 13.1. The van der Waals surface area contributed by atoms with Crippen LogP contribution in [0.2, 0.25) is 0 Å². The summed E-state index contributed by atoms with van der Waals surface area (Å²) in [5, 5.41) is 8.31. The zero-order chi connectivity index (χ0) is 19.7. The molecule has 7 nitrogen and oxygen atoms in total. The Morgan fingerprint density at radius 1 is 1.30 bits per heavy atom. The van der Waals surface area contributed by atoms with E-state index in [0.717, 1.165) is 6.42 Å². The van der Waals surface area contributed by atoms with E-state index < -0.39 is 23.6 Å². The van der Waals surface area contributed by atoms with Crippen LogP contribution < -0.4 is 4.74 Å². The minimum atomic E-state index is -1.73. The third kappa shape index (κ3) is 5.15. The highest BCUT2D eigenvalue weighted by molar-refractivity contribution is 5.87. The molecule has 1 aliphatic heterocycles. The van der Waals surface area contributed by atoms with E-state index in [2.05, 4.69) is 10.2 Å². The van der Waals surface area contributed by atoms with Crippen LogP contribution in [0.3, 0.4) is 0 Å². The van der Waals surface area contributed by atoms with E-state index >= 15 is 0 Å². The highest BCUT2D eigenvalue weighted by atomic mass is 16.6. The van der Waals surface area contributed by atoms with Gasteiger partial charge in [-0.2, -0.15) is 5.11 Å². The molecule has 1 saturated heterocycles. The maximum Gasteiger partial charge on any atom is 0.376 e. The normalized spacial score (nSPS) is 22.3. The van der Waals surface area contributed by atoms with Gasteiger partial charge in [0.15, 0.2) is 0 Å². The van der Waals surface area contributed by atoms with Crippen LogP contribution in [0.4, 0.5) is 5.69 Å². The highest BCUT2D eigenvalue weighted by Gasteiger charge is 2.57. The number of allylic oxidation sites excluding steroid dienone is 2. The van der Waals surface area contributed by atoms with Crippen LogP contribution in [0.1, 0.15) is 39.5 Å². The van der Waals surface area contributed by atoms with Crippen molar-refractivity contribution in [3.63, 3.8) is 0 Å². The molecule has 0 aliphatic carbocycles. The average Bonchev–Trinajstić information content (AvgIpc) is 3.00. The molecule has 7 heteroatoms. The van der Waals surface area contributed by atoms with Gasteiger partial charge in [0, 0.05) is 5.92 Å². The van der Waals surface area contributed by atoms with E-state index in [9.17, 15) is 9.59 Å². The number of esters is 2. The molecule has 0 amide bonds. The number of hydrogen-bond donors (Lipinski definition) is 0. The first-order valence-corrected chi connectivity index (χ1v) is 9.16. The molecular weight excluding hydrogens is 348 g/mol. The van der Waals surface area contributed by atoms with Crippen LogP contribution in [-0.2, 0) is 19.1 Å². The Labute approximate surface area is 159 Å². The molecular formula is C20H26N2O5.